The normalized spacial score (nSPS) is 10.2. The van der Waals surface area contributed by atoms with Gasteiger partial charge in [-0.25, -0.2) is 4.68 Å². The second-order valence-corrected chi connectivity index (χ2v) is 4.41. The number of nitrogens with zero attached hydrogens (tertiary/aromatic N) is 4. The summed E-state index contributed by atoms with van der Waals surface area (Å²) in [6.07, 6.45) is 0.631. The van der Waals surface area contributed by atoms with Crippen LogP contribution in [0.1, 0.15) is 17.0 Å². The molecule has 4 nitrogen and oxygen atoms in total. The number of nitriles is 1. The molecule has 2 aromatic carbocycles. The van der Waals surface area contributed by atoms with Gasteiger partial charge in [0.15, 0.2) is 5.69 Å². The number of hydrogen-bond donors (Lipinski definition) is 0. The molecule has 3 rings (SSSR count). The fraction of sp³-hybridized carbons (Fsp3) is 0.0625. The number of aromatic nitrogens is 3. The molecule has 1 heterocycles. The van der Waals surface area contributed by atoms with Crippen molar-refractivity contribution in [2.45, 2.75) is 6.42 Å². The maximum atomic E-state index is 9.19. The molecule has 0 N–H and O–H groups in total. The maximum absolute atomic E-state index is 9.19. The average molecular weight is 260 g/mol. The Kier molecular flexibility index (Phi) is 3.25. The van der Waals surface area contributed by atoms with Crippen LogP contribution in [0.2, 0.25) is 0 Å². The number of para-hydroxylation sites is 1. The predicted molar refractivity (Wildman–Crippen MR) is 75.3 cm³/mol. The van der Waals surface area contributed by atoms with E-state index in [1.807, 2.05) is 60.7 Å². The zero-order chi connectivity index (χ0) is 13.8. The molecule has 0 saturated heterocycles. The lowest BCUT2D eigenvalue weighted by Gasteiger charge is -2.06. The van der Waals surface area contributed by atoms with E-state index in [4.69, 9.17) is 0 Å². The fourth-order valence-corrected chi connectivity index (χ4v) is 2.11. The minimum atomic E-state index is 0.373. The molecule has 4 heteroatoms. The summed E-state index contributed by atoms with van der Waals surface area (Å²) in [6.45, 7) is 0. The second-order valence-electron chi connectivity index (χ2n) is 4.41. The molecule has 96 valence electrons. The van der Waals surface area contributed by atoms with Crippen molar-refractivity contribution in [3.05, 3.63) is 77.6 Å². The summed E-state index contributed by atoms with van der Waals surface area (Å²) in [5.41, 5.74) is 3.22. The predicted octanol–water partition coefficient (Wildman–Crippen LogP) is 2.73. The molecule has 20 heavy (non-hydrogen) atoms. The summed E-state index contributed by atoms with van der Waals surface area (Å²) in [7, 11) is 0. The van der Waals surface area contributed by atoms with Crippen LogP contribution in [0.3, 0.4) is 0 Å². The maximum Gasteiger partial charge on any atom is 0.186 e. The van der Waals surface area contributed by atoms with E-state index in [-0.39, 0.29) is 0 Å². The summed E-state index contributed by atoms with van der Waals surface area (Å²) < 4.78 is 1.73. The van der Waals surface area contributed by atoms with E-state index < -0.39 is 0 Å². The average Bonchev–Trinajstić information content (AvgIpc) is 2.92. The summed E-state index contributed by atoms with van der Waals surface area (Å²) in [4.78, 5) is 0. The molecule has 0 bridgehead atoms. The van der Waals surface area contributed by atoms with Crippen LogP contribution >= 0.6 is 0 Å². The largest absolute Gasteiger partial charge is 0.216 e. The Morgan fingerprint density at radius 2 is 1.60 bits per heavy atom. The van der Waals surface area contributed by atoms with Gasteiger partial charge in [-0.1, -0.05) is 53.7 Å². The van der Waals surface area contributed by atoms with Crippen LogP contribution in [-0.4, -0.2) is 15.0 Å². The molecular weight excluding hydrogens is 248 g/mol. The lowest BCUT2D eigenvalue weighted by molar-refractivity contribution is 0.772. The number of hydrogen-bond acceptors (Lipinski definition) is 3. The molecule has 0 aliphatic carbocycles. The topological polar surface area (TPSA) is 54.5 Å². The van der Waals surface area contributed by atoms with Crippen LogP contribution in [0.4, 0.5) is 0 Å². The van der Waals surface area contributed by atoms with Crippen LogP contribution in [0.25, 0.3) is 5.69 Å². The lowest BCUT2D eigenvalue weighted by atomic mass is 10.1. The molecule has 0 fully saturated rings. The van der Waals surface area contributed by atoms with Gasteiger partial charge < -0.3 is 0 Å². The smallest absolute Gasteiger partial charge is 0.186 e. The van der Waals surface area contributed by atoms with Crippen molar-refractivity contribution in [1.29, 1.82) is 5.26 Å². The standard InChI is InChI=1S/C16H12N4/c17-12-15-16(11-13-7-3-1-4-8-13)20(19-18-15)14-9-5-2-6-10-14/h1-10H,11H2. The number of rotatable bonds is 3. The van der Waals surface area contributed by atoms with Gasteiger partial charge in [0.1, 0.15) is 6.07 Å². The van der Waals surface area contributed by atoms with Gasteiger partial charge >= 0.3 is 0 Å². The van der Waals surface area contributed by atoms with Crippen molar-refractivity contribution in [3.8, 4) is 11.8 Å². The van der Waals surface area contributed by atoms with Crippen molar-refractivity contribution in [3.63, 3.8) is 0 Å². The molecule has 3 aromatic rings. The molecule has 0 spiro atoms. The van der Waals surface area contributed by atoms with Crippen molar-refractivity contribution >= 4 is 0 Å². The van der Waals surface area contributed by atoms with Crippen LogP contribution in [0, 0.1) is 11.3 Å². The minimum absolute atomic E-state index is 0.373. The molecule has 0 radical (unpaired) electrons. The van der Waals surface area contributed by atoms with Crippen molar-refractivity contribution in [2.24, 2.45) is 0 Å². The van der Waals surface area contributed by atoms with Crippen molar-refractivity contribution in [1.82, 2.24) is 15.0 Å². The first-order valence-electron chi connectivity index (χ1n) is 6.32. The highest BCUT2D eigenvalue weighted by molar-refractivity contribution is 5.38. The summed E-state index contributed by atoms with van der Waals surface area (Å²) in [6, 6.07) is 21.8. The molecule has 0 saturated carbocycles. The van der Waals surface area contributed by atoms with E-state index in [2.05, 4.69) is 16.4 Å². The van der Waals surface area contributed by atoms with Crippen LogP contribution < -0.4 is 0 Å². The van der Waals surface area contributed by atoms with Gasteiger partial charge in [-0.3, -0.25) is 0 Å². The van der Waals surface area contributed by atoms with Crippen LogP contribution in [0.5, 0.6) is 0 Å². The number of benzene rings is 2. The third-order valence-electron chi connectivity index (χ3n) is 3.08. The Labute approximate surface area is 116 Å². The molecular formula is C16H12N4. The van der Waals surface area contributed by atoms with Crippen LogP contribution in [-0.2, 0) is 6.42 Å². The van der Waals surface area contributed by atoms with E-state index in [9.17, 15) is 5.26 Å². The highest BCUT2D eigenvalue weighted by Crippen LogP contribution is 2.16. The lowest BCUT2D eigenvalue weighted by Crippen LogP contribution is -2.04. The van der Waals surface area contributed by atoms with E-state index in [1.165, 1.54) is 0 Å². The molecule has 0 aliphatic rings. The van der Waals surface area contributed by atoms with Crippen LogP contribution in [0.15, 0.2) is 60.7 Å². The Bertz CT molecular complexity index is 739. The molecule has 0 unspecified atom stereocenters. The minimum Gasteiger partial charge on any atom is -0.216 e. The van der Waals surface area contributed by atoms with Gasteiger partial charge in [-0.2, -0.15) is 5.26 Å². The fourth-order valence-electron chi connectivity index (χ4n) is 2.11. The van der Waals surface area contributed by atoms with E-state index in [0.717, 1.165) is 16.9 Å². The molecule has 1 aromatic heterocycles. The summed E-state index contributed by atoms with van der Waals surface area (Å²) in [5, 5.41) is 17.2. The first-order valence-corrected chi connectivity index (χ1v) is 6.32. The quantitative estimate of drug-likeness (QED) is 0.727. The highest BCUT2D eigenvalue weighted by Gasteiger charge is 2.14. The Hall–Kier alpha value is -2.93. The Balaban J connectivity index is 2.05. The van der Waals surface area contributed by atoms with Crippen molar-refractivity contribution in [2.75, 3.05) is 0 Å². The summed E-state index contributed by atoms with van der Waals surface area (Å²) >= 11 is 0. The first-order chi connectivity index (χ1) is 9.88. The Morgan fingerprint density at radius 1 is 0.950 bits per heavy atom. The van der Waals surface area contributed by atoms with Gasteiger partial charge in [0, 0.05) is 6.42 Å². The van der Waals surface area contributed by atoms with Crippen molar-refractivity contribution < 1.29 is 0 Å². The van der Waals surface area contributed by atoms with E-state index in [1.54, 1.807) is 4.68 Å². The SMILES string of the molecule is N#Cc1nnn(-c2ccccc2)c1Cc1ccccc1. The van der Waals surface area contributed by atoms with E-state index in [0.29, 0.717) is 12.1 Å². The van der Waals surface area contributed by atoms with E-state index >= 15 is 0 Å². The van der Waals surface area contributed by atoms with Gasteiger partial charge in [0.25, 0.3) is 0 Å². The van der Waals surface area contributed by atoms with Gasteiger partial charge in [0.2, 0.25) is 0 Å². The zero-order valence-electron chi connectivity index (χ0n) is 10.8. The second kappa shape index (κ2) is 5.37. The third kappa shape index (κ3) is 2.29. The van der Waals surface area contributed by atoms with Gasteiger partial charge in [0.05, 0.1) is 11.4 Å². The molecule has 0 atom stereocenters. The highest BCUT2D eigenvalue weighted by atomic mass is 15.4. The Morgan fingerprint density at radius 3 is 2.25 bits per heavy atom. The molecule has 0 amide bonds. The molecule has 0 aliphatic heterocycles. The van der Waals surface area contributed by atoms with Gasteiger partial charge in [-0.15, -0.1) is 5.10 Å². The first kappa shape index (κ1) is 12.1. The van der Waals surface area contributed by atoms with Gasteiger partial charge in [-0.05, 0) is 17.7 Å². The zero-order valence-corrected chi connectivity index (χ0v) is 10.8. The monoisotopic (exact) mass is 260 g/mol. The summed E-state index contributed by atoms with van der Waals surface area (Å²) in [5.74, 6) is 0. The third-order valence-corrected chi connectivity index (χ3v) is 3.08.